The van der Waals surface area contributed by atoms with Crippen molar-refractivity contribution in [3.8, 4) is 5.75 Å². The number of thiophene rings is 1. The van der Waals surface area contributed by atoms with Gasteiger partial charge in [0.1, 0.15) is 11.9 Å². The van der Waals surface area contributed by atoms with Crippen LogP contribution in [-0.2, 0) is 22.6 Å². The Kier molecular flexibility index (Phi) is 6.89. The molecule has 0 amide bonds. The number of rotatable bonds is 6. The van der Waals surface area contributed by atoms with Crippen LogP contribution in [0, 0.1) is 5.41 Å². The molecule has 198 valence electrons. The van der Waals surface area contributed by atoms with Crippen LogP contribution in [0.2, 0.25) is 0 Å². The average Bonchev–Trinajstić information content (AvgIpc) is 3.34. The van der Waals surface area contributed by atoms with Crippen LogP contribution in [0.4, 0.5) is 5.69 Å². The van der Waals surface area contributed by atoms with E-state index in [1.165, 1.54) is 15.9 Å². The van der Waals surface area contributed by atoms with Crippen LogP contribution in [0.25, 0.3) is 10.9 Å². The highest BCUT2D eigenvalue weighted by atomic mass is 32.1. The smallest absolute Gasteiger partial charge is 0.331 e. The third-order valence-electron chi connectivity index (χ3n) is 7.21. The summed E-state index contributed by atoms with van der Waals surface area (Å²) < 4.78 is 14.3. The Labute approximate surface area is 219 Å². The molecular weight excluding hydrogens is 492 g/mol. The summed E-state index contributed by atoms with van der Waals surface area (Å²) in [5.41, 5.74) is 0.540. The molecule has 1 aromatic carbocycles. The number of nitrogens with zero attached hydrogens (tertiary/aromatic N) is 4. The number of methoxy groups -OCH3 is 1. The van der Waals surface area contributed by atoms with Gasteiger partial charge in [0.05, 0.1) is 34.0 Å². The van der Waals surface area contributed by atoms with Crippen LogP contribution in [-0.4, -0.2) is 59.8 Å². The second kappa shape index (κ2) is 9.98. The van der Waals surface area contributed by atoms with Gasteiger partial charge in [-0.1, -0.05) is 12.1 Å². The highest BCUT2D eigenvalue weighted by Gasteiger charge is 2.33. The zero-order valence-corrected chi connectivity index (χ0v) is 22.7. The SMILES string of the molecule is COc1ccccc1N1CCN(CCn2c(=O)c3csc4c3n(c2=O)CCC4OC(=O)C(C)(C)C)CC1. The zero-order valence-electron chi connectivity index (χ0n) is 21.9. The molecular formula is C27H34N4O5S. The number of hydrogen-bond donors (Lipinski definition) is 0. The van der Waals surface area contributed by atoms with Crippen LogP contribution in [0.15, 0.2) is 39.2 Å². The van der Waals surface area contributed by atoms with E-state index in [0.717, 1.165) is 42.5 Å². The zero-order chi connectivity index (χ0) is 26.3. The molecule has 5 rings (SSSR count). The van der Waals surface area contributed by atoms with E-state index in [2.05, 4.69) is 15.9 Å². The summed E-state index contributed by atoms with van der Waals surface area (Å²) in [5, 5.41) is 2.33. The van der Waals surface area contributed by atoms with Crippen LogP contribution >= 0.6 is 11.3 Å². The third kappa shape index (κ3) is 4.80. The van der Waals surface area contributed by atoms with Gasteiger partial charge in [-0.05, 0) is 32.9 Å². The Morgan fingerprint density at radius 1 is 1.05 bits per heavy atom. The molecule has 0 spiro atoms. The van der Waals surface area contributed by atoms with Crippen molar-refractivity contribution in [2.45, 2.75) is 46.4 Å². The number of aromatic nitrogens is 2. The third-order valence-corrected chi connectivity index (χ3v) is 8.27. The molecule has 9 nitrogen and oxygen atoms in total. The van der Waals surface area contributed by atoms with Gasteiger partial charge >= 0.3 is 11.7 Å². The molecule has 1 unspecified atom stereocenters. The molecule has 1 atom stereocenters. The summed E-state index contributed by atoms with van der Waals surface area (Å²) in [6.45, 7) is 10.2. The lowest BCUT2D eigenvalue weighted by atomic mass is 9.97. The number of para-hydroxylation sites is 2. The van der Waals surface area contributed by atoms with E-state index in [1.807, 2.05) is 39.0 Å². The lowest BCUT2D eigenvalue weighted by Gasteiger charge is -2.36. The molecule has 0 bridgehead atoms. The first kappa shape index (κ1) is 25.5. The van der Waals surface area contributed by atoms with E-state index in [0.29, 0.717) is 37.0 Å². The van der Waals surface area contributed by atoms with Crippen molar-refractivity contribution in [3.63, 3.8) is 0 Å². The van der Waals surface area contributed by atoms with E-state index >= 15 is 0 Å². The maximum Gasteiger partial charge on any atom is 0.331 e. The van der Waals surface area contributed by atoms with Crippen molar-refractivity contribution in [1.82, 2.24) is 14.0 Å². The minimum atomic E-state index is -0.616. The molecule has 1 fully saturated rings. The van der Waals surface area contributed by atoms with Crippen LogP contribution < -0.4 is 20.9 Å². The predicted molar refractivity (Wildman–Crippen MR) is 145 cm³/mol. The molecule has 0 N–H and O–H groups in total. The standard InChI is InChI=1S/C27H34N4O5S/c1-27(2,3)25(33)36-21-9-10-30-22-18(17-37-23(21)22)24(32)31(26(30)34)16-13-28-11-14-29(15-12-28)19-7-5-6-8-20(19)35-4/h5-8,17,21H,9-16H2,1-4H3. The number of hydrogen-bond acceptors (Lipinski definition) is 8. The number of carbonyl (C=O) groups is 1. The highest BCUT2D eigenvalue weighted by Crippen LogP contribution is 2.38. The van der Waals surface area contributed by atoms with E-state index in [9.17, 15) is 14.4 Å². The Bertz CT molecular complexity index is 1430. The first-order valence-electron chi connectivity index (χ1n) is 12.7. The quantitative estimate of drug-likeness (QED) is 0.456. The molecule has 2 aliphatic heterocycles. The number of benzene rings is 1. The van der Waals surface area contributed by atoms with Gasteiger partial charge in [-0.15, -0.1) is 11.3 Å². The number of anilines is 1. The van der Waals surface area contributed by atoms with Crippen LogP contribution in [0.5, 0.6) is 5.75 Å². The Balaban J connectivity index is 1.30. The van der Waals surface area contributed by atoms with Gasteiger partial charge < -0.3 is 14.4 Å². The summed E-state index contributed by atoms with van der Waals surface area (Å²) in [7, 11) is 1.69. The van der Waals surface area contributed by atoms with Crippen LogP contribution in [0.1, 0.15) is 38.2 Å². The molecule has 2 aliphatic rings. The Morgan fingerprint density at radius 2 is 1.78 bits per heavy atom. The molecule has 2 aromatic heterocycles. The van der Waals surface area contributed by atoms with Crippen molar-refractivity contribution >= 4 is 33.9 Å². The minimum absolute atomic E-state index is 0.269. The molecule has 0 radical (unpaired) electrons. The van der Waals surface area contributed by atoms with Gasteiger partial charge in [-0.25, -0.2) is 4.79 Å². The monoisotopic (exact) mass is 526 g/mol. The number of piperazine rings is 1. The van der Waals surface area contributed by atoms with Crippen molar-refractivity contribution in [3.05, 3.63) is 55.4 Å². The second-order valence-corrected chi connectivity index (χ2v) is 11.6. The first-order chi connectivity index (χ1) is 17.7. The van der Waals surface area contributed by atoms with E-state index in [-0.39, 0.29) is 17.2 Å². The van der Waals surface area contributed by atoms with Gasteiger partial charge in [-0.3, -0.25) is 23.6 Å². The number of esters is 1. The molecule has 4 heterocycles. The van der Waals surface area contributed by atoms with E-state index < -0.39 is 11.5 Å². The fraction of sp³-hybridized carbons (Fsp3) is 0.519. The van der Waals surface area contributed by atoms with Crippen LogP contribution in [0.3, 0.4) is 0 Å². The summed E-state index contributed by atoms with van der Waals surface area (Å²) >= 11 is 1.39. The molecule has 0 saturated carbocycles. The fourth-order valence-corrected chi connectivity index (χ4v) is 6.15. The molecule has 3 aromatic rings. The molecule has 1 saturated heterocycles. The number of carbonyl (C=O) groups excluding carboxylic acids is 1. The predicted octanol–water partition coefficient (Wildman–Crippen LogP) is 3.09. The van der Waals surface area contributed by atoms with Crippen molar-refractivity contribution in [2.24, 2.45) is 5.41 Å². The normalized spacial score (nSPS) is 18.3. The van der Waals surface area contributed by atoms with Gasteiger partial charge in [0.2, 0.25) is 0 Å². The van der Waals surface area contributed by atoms with Gasteiger partial charge in [0.25, 0.3) is 5.56 Å². The maximum absolute atomic E-state index is 13.4. The van der Waals surface area contributed by atoms with Gasteiger partial charge in [-0.2, -0.15) is 0 Å². The highest BCUT2D eigenvalue weighted by molar-refractivity contribution is 7.11. The molecule has 10 heteroatoms. The first-order valence-corrected chi connectivity index (χ1v) is 13.6. The number of aryl methyl sites for hydroxylation is 1. The summed E-state index contributed by atoms with van der Waals surface area (Å²) in [6.07, 6.45) is 0.0939. The largest absolute Gasteiger partial charge is 0.495 e. The molecule has 37 heavy (non-hydrogen) atoms. The van der Waals surface area contributed by atoms with Crippen molar-refractivity contribution in [1.29, 1.82) is 0 Å². The molecule has 0 aliphatic carbocycles. The Morgan fingerprint density at radius 3 is 2.49 bits per heavy atom. The lowest BCUT2D eigenvalue weighted by Crippen LogP contribution is -2.49. The topological polar surface area (TPSA) is 86.0 Å². The Hall–Kier alpha value is -3.11. The summed E-state index contributed by atoms with van der Waals surface area (Å²) in [4.78, 5) is 44.6. The second-order valence-electron chi connectivity index (χ2n) is 10.7. The average molecular weight is 527 g/mol. The summed E-state index contributed by atoms with van der Waals surface area (Å²) in [6, 6.07) is 8.02. The van der Waals surface area contributed by atoms with Gasteiger partial charge in [0, 0.05) is 57.6 Å². The summed E-state index contributed by atoms with van der Waals surface area (Å²) in [5.74, 6) is 0.581. The fourth-order valence-electron chi connectivity index (χ4n) is 5.04. The maximum atomic E-state index is 13.4. The lowest BCUT2D eigenvalue weighted by molar-refractivity contribution is -0.159. The van der Waals surface area contributed by atoms with Crippen molar-refractivity contribution < 1.29 is 14.3 Å². The van der Waals surface area contributed by atoms with E-state index in [1.54, 1.807) is 17.1 Å². The van der Waals surface area contributed by atoms with Gasteiger partial charge in [0.15, 0.2) is 0 Å². The minimum Gasteiger partial charge on any atom is -0.495 e. The van der Waals surface area contributed by atoms with Crippen molar-refractivity contribution in [2.75, 3.05) is 44.7 Å². The van der Waals surface area contributed by atoms with E-state index in [4.69, 9.17) is 9.47 Å². The number of ether oxygens (including phenoxy) is 2.